The van der Waals surface area contributed by atoms with E-state index < -0.39 is 11.9 Å². The maximum absolute atomic E-state index is 13.4. The van der Waals surface area contributed by atoms with Crippen LogP contribution in [-0.2, 0) is 19.4 Å². The predicted octanol–water partition coefficient (Wildman–Crippen LogP) is 2.00. The van der Waals surface area contributed by atoms with Crippen molar-refractivity contribution in [3.05, 3.63) is 57.9 Å². The first-order valence-corrected chi connectivity index (χ1v) is 9.45. The number of halogens is 2. The molecule has 1 atom stereocenters. The molecule has 1 aliphatic rings. The van der Waals surface area contributed by atoms with Crippen molar-refractivity contribution < 1.29 is 19.4 Å². The Balaban J connectivity index is 1.68. The summed E-state index contributed by atoms with van der Waals surface area (Å²) in [5.74, 6) is 0.0852. The molecule has 2 aromatic rings. The van der Waals surface area contributed by atoms with Crippen molar-refractivity contribution in [2.45, 2.75) is 31.8 Å². The normalized spacial score (nSPS) is 14.5. The van der Waals surface area contributed by atoms with Crippen molar-refractivity contribution in [3.8, 4) is 0 Å². The molecule has 0 unspecified atom stereocenters. The Bertz CT molecular complexity index is 852. The molecule has 28 heavy (non-hydrogen) atoms. The minimum atomic E-state index is -0.697. The largest absolute Gasteiger partial charge is 0.396 e. The smallest absolute Gasteiger partial charge is 0.318 e. The summed E-state index contributed by atoms with van der Waals surface area (Å²) in [5, 5.41) is 21.3. The van der Waals surface area contributed by atoms with Gasteiger partial charge in [-0.1, -0.05) is 17.7 Å². The fourth-order valence-electron chi connectivity index (χ4n) is 3.08. The van der Waals surface area contributed by atoms with E-state index >= 15 is 0 Å². The third-order valence-corrected chi connectivity index (χ3v) is 4.96. The Morgan fingerprint density at radius 3 is 2.93 bits per heavy atom. The molecule has 150 valence electrons. The van der Waals surface area contributed by atoms with Crippen LogP contribution in [0.15, 0.2) is 24.4 Å². The molecule has 9 heteroatoms. The van der Waals surface area contributed by atoms with E-state index in [2.05, 4.69) is 15.3 Å². The van der Waals surface area contributed by atoms with E-state index in [1.165, 1.54) is 18.2 Å². The molecular weight excluding hydrogens is 387 g/mol. The highest BCUT2D eigenvalue weighted by Gasteiger charge is 2.25. The maximum atomic E-state index is 13.4. The fraction of sp³-hybridized carbons (Fsp3) is 0.421. The first-order chi connectivity index (χ1) is 13.5. The van der Waals surface area contributed by atoms with Crippen molar-refractivity contribution in [2.75, 3.05) is 19.8 Å². The van der Waals surface area contributed by atoms with E-state index in [-0.39, 0.29) is 24.3 Å². The van der Waals surface area contributed by atoms with Gasteiger partial charge in [0.15, 0.2) is 0 Å². The van der Waals surface area contributed by atoms with Gasteiger partial charge in [-0.05, 0) is 36.1 Å². The molecule has 0 saturated heterocycles. The molecule has 1 aliphatic heterocycles. The summed E-state index contributed by atoms with van der Waals surface area (Å²) in [6.45, 7) is 0.565. The van der Waals surface area contributed by atoms with E-state index in [0.29, 0.717) is 43.7 Å². The van der Waals surface area contributed by atoms with Crippen LogP contribution >= 0.6 is 11.6 Å². The van der Waals surface area contributed by atoms with Crippen LogP contribution in [0.4, 0.5) is 9.18 Å². The molecule has 1 aromatic heterocycles. The Hall–Kier alpha value is -2.29. The van der Waals surface area contributed by atoms with Crippen LogP contribution in [-0.4, -0.2) is 50.9 Å². The third kappa shape index (κ3) is 4.76. The Labute approximate surface area is 167 Å². The summed E-state index contributed by atoms with van der Waals surface area (Å²) >= 11 is 5.80. The van der Waals surface area contributed by atoms with Gasteiger partial charge < -0.3 is 20.4 Å². The van der Waals surface area contributed by atoms with Gasteiger partial charge >= 0.3 is 6.03 Å². The third-order valence-electron chi connectivity index (χ3n) is 4.67. The molecule has 0 aliphatic carbocycles. The number of benzene rings is 1. The van der Waals surface area contributed by atoms with E-state index in [9.17, 15) is 14.3 Å². The van der Waals surface area contributed by atoms with Crippen molar-refractivity contribution >= 4 is 17.6 Å². The Morgan fingerprint density at radius 2 is 2.21 bits per heavy atom. The number of hydrogen-bond donors (Lipinski definition) is 3. The van der Waals surface area contributed by atoms with E-state index in [1.54, 1.807) is 11.1 Å². The molecule has 0 bridgehead atoms. The molecule has 3 N–H and O–H groups in total. The average molecular weight is 409 g/mol. The minimum Gasteiger partial charge on any atom is -0.396 e. The van der Waals surface area contributed by atoms with Crippen molar-refractivity contribution in [3.63, 3.8) is 0 Å². The summed E-state index contributed by atoms with van der Waals surface area (Å²) < 4.78 is 13.4. The zero-order valence-corrected chi connectivity index (χ0v) is 16.0. The van der Waals surface area contributed by atoms with Crippen LogP contribution in [0.5, 0.6) is 0 Å². The molecule has 0 saturated carbocycles. The number of aryl methyl sites for hydroxylation is 1. The highest BCUT2D eigenvalue weighted by atomic mass is 35.5. The van der Waals surface area contributed by atoms with Gasteiger partial charge in [0.25, 0.3) is 0 Å². The quantitative estimate of drug-likeness (QED) is 0.679. The first kappa shape index (κ1) is 20.4. The van der Waals surface area contributed by atoms with Crippen LogP contribution < -0.4 is 5.32 Å². The van der Waals surface area contributed by atoms with Gasteiger partial charge in [0, 0.05) is 25.8 Å². The topological polar surface area (TPSA) is 98.6 Å². The predicted molar refractivity (Wildman–Crippen MR) is 101 cm³/mol. The summed E-state index contributed by atoms with van der Waals surface area (Å²) in [7, 11) is 0. The zero-order chi connectivity index (χ0) is 20.1. The lowest BCUT2D eigenvalue weighted by molar-refractivity contribution is 0.176. The number of urea groups is 1. The minimum absolute atomic E-state index is 0.0655. The molecule has 0 spiro atoms. The SMILES string of the molecule is O=C(N[C@H](CO)c1ccc(F)c(Cl)c1)N1CCc2cnc(CCCO)nc2C1. The number of aliphatic hydroxyl groups is 2. The van der Waals surface area contributed by atoms with Crippen LogP contribution in [0.3, 0.4) is 0 Å². The molecule has 1 aromatic carbocycles. The molecular formula is C19H22ClFN4O3. The Kier molecular flexibility index (Phi) is 6.77. The second-order valence-electron chi connectivity index (χ2n) is 6.62. The lowest BCUT2D eigenvalue weighted by Gasteiger charge is -2.30. The summed E-state index contributed by atoms with van der Waals surface area (Å²) in [6, 6.07) is 3.03. The molecule has 2 amide bonds. The van der Waals surface area contributed by atoms with Crippen LogP contribution in [0, 0.1) is 5.82 Å². The van der Waals surface area contributed by atoms with E-state index in [0.717, 1.165) is 11.3 Å². The summed E-state index contributed by atoms with van der Waals surface area (Å²) in [4.78, 5) is 23.1. The van der Waals surface area contributed by atoms with Gasteiger partial charge in [-0.2, -0.15) is 0 Å². The van der Waals surface area contributed by atoms with Gasteiger partial charge in [-0.25, -0.2) is 19.2 Å². The number of carbonyl (C=O) groups excluding carboxylic acids is 1. The standard InChI is InChI=1S/C19H22ClFN4O3/c20-14-8-12(3-4-15(14)21)17(11-27)24-19(28)25-6-5-13-9-22-18(2-1-7-26)23-16(13)10-25/h3-4,8-9,17,26-27H,1-2,5-7,10-11H2,(H,24,28)/t17-/m1/s1. The first-order valence-electron chi connectivity index (χ1n) is 9.07. The number of fused-ring (bicyclic) bond motifs is 1. The number of nitrogens with zero attached hydrogens (tertiary/aromatic N) is 3. The number of hydrogen-bond acceptors (Lipinski definition) is 5. The second-order valence-corrected chi connectivity index (χ2v) is 7.02. The van der Waals surface area contributed by atoms with E-state index in [1.807, 2.05) is 0 Å². The average Bonchev–Trinajstić information content (AvgIpc) is 2.71. The van der Waals surface area contributed by atoms with Gasteiger partial charge in [0.2, 0.25) is 0 Å². The number of nitrogens with one attached hydrogen (secondary N) is 1. The zero-order valence-electron chi connectivity index (χ0n) is 15.2. The highest BCUT2D eigenvalue weighted by Crippen LogP contribution is 2.22. The summed E-state index contributed by atoms with van der Waals surface area (Å²) in [6.07, 6.45) is 3.58. The maximum Gasteiger partial charge on any atom is 0.318 e. The number of carbonyl (C=O) groups is 1. The van der Waals surface area contributed by atoms with Crippen LogP contribution in [0.25, 0.3) is 0 Å². The van der Waals surface area contributed by atoms with Gasteiger partial charge in [-0.3, -0.25) is 0 Å². The van der Waals surface area contributed by atoms with Crippen molar-refractivity contribution in [2.24, 2.45) is 0 Å². The van der Waals surface area contributed by atoms with Crippen LogP contribution in [0.2, 0.25) is 5.02 Å². The number of amides is 2. The molecule has 0 fully saturated rings. The molecule has 7 nitrogen and oxygen atoms in total. The molecule has 3 rings (SSSR count). The molecule has 2 heterocycles. The van der Waals surface area contributed by atoms with Crippen molar-refractivity contribution in [1.29, 1.82) is 0 Å². The summed E-state index contributed by atoms with van der Waals surface area (Å²) in [5.41, 5.74) is 2.31. The Morgan fingerprint density at radius 1 is 1.39 bits per heavy atom. The number of aliphatic hydroxyl groups excluding tert-OH is 2. The number of aromatic nitrogens is 2. The van der Waals surface area contributed by atoms with Gasteiger partial charge in [0.05, 0.1) is 29.9 Å². The van der Waals surface area contributed by atoms with Gasteiger partial charge in [0.1, 0.15) is 11.6 Å². The van der Waals surface area contributed by atoms with Gasteiger partial charge in [-0.15, -0.1) is 0 Å². The lowest BCUT2D eigenvalue weighted by Crippen LogP contribution is -2.45. The fourth-order valence-corrected chi connectivity index (χ4v) is 3.27. The van der Waals surface area contributed by atoms with Crippen molar-refractivity contribution in [1.82, 2.24) is 20.2 Å². The monoisotopic (exact) mass is 408 g/mol. The number of rotatable bonds is 6. The van der Waals surface area contributed by atoms with Crippen LogP contribution in [0.1, 0.15) is 35.1 Å². The lowest BCUT2D eigenvalue weighted by atomic mass is 10.1. The highest BCUT2D eigenvalue weighted by molar-refractivity contribution is 6.30. The van der Waals surface area contributed by atoms with E-state index in [4.69, 9.17) is 16.7 Å². The second kappa shape index (κ2) is 9.27. The molecule has 0 radical (unpaired) electrons.